The molecule has 0 radical (unpaired) electrons. The van der Waals surface area contributed by atoms with Crippen LogP contribution in [-0.4, -0.2) is 64.6 Å². The molecule has 3 heterocycles. The molecular formula is C20H25N5O4S. The molecule has 30 heavy (non-hydrogen) atoms. The Bertz CT molecular complexity index is 991. The number of morpholine rings is 1. The van der Waals surface area contributed by atoms with Crippen LogP contribution in [0, 0.1) is 0 Å². The lowest BCUT2D eigenvalue weighted by molar-refractivity contribution is 0.122. The zero-order chi connectivity index (χ0) is 21.0. The number of benzene rings is 1. The fourth-order valence-electron chi connectivity index (χ4n) is 3.62. The summed E-state index contributed by atoms with van der Waals surface area (Å²) in [6, 6.07) is 10.6. The molecule has 2 aromatic rings. The SMILES string of the molecule is O=C(NCCS(=O)(=O)N1CCc2ccccc21)Nc1ccc(N2CCOCC2)nc1. The van der Waals surface area contributed by atoms with Gasteiger partial charge in [0, 0.05) is 26.2 Å². The van der Waals surface area contributed by atoms with Gasteiger partial charge in [0.25, 0.3) is 0 Å². The van der Waals surface area contributed by atoms with Gasteiger partial charge in [-0.25, -0.2) is 18.2 Å². The second-order valence-corrected chi connectivity index (χ2v) is 9.17. The van der Waals surface area contributed by atoms with Gasteiger partial charge in [0.2, 0.25) is 10.0 Å². The lowest BCUT2D eigenvalue weighted by Gasteiger charge is -2.27. The minimum atomic E-state index is -3.50. The number of aromatic nitrogens is 1. The van der Waals surface area contributed by atoms with Crippen molar-refractivity contribution in [2.24, 2.45) is 0 Å². The second kappa shape index (κ2) is 8.88. The van der Waals surface area contributed by atoms with Gasteiger partial charge in [0.15, 0.2) is 0 Å². The number of anilines is 3. The van der Waals surface area contributed by atoms with Crippen LogP contribution < -0.4 is 19.8 Å². The average Bonchev–Trinajstić information content (AvgIpc) is 3.20. The fourth-order valence-corrected chi connectivity index (χ4v) is 5.04. The lowest BCUT2D eigenvalue weighted by Crippen LogP contribution is -2.38. The third-order valence-corrected chi connectivity index (χ3v) is 6.94. The largest absolute Gasteiger partial charge is 0.378 e. The van der Waals surface area contributed by atoms with E-state index in [0.29, 0.717) is 31.9 Å². The van der Waals surface area contributed by atoms with Gasteiger partial charge in [0.1, 0.15) is 5.82 Å². The summed E-state index contributed by atoms with van der Waals surface area (Å²) in [4.78, 5) is 18.6. The van der Waals surface area contributed by atoms with Crippen molar-refractivity contribution in [3.8, 4) is 0 Å². The Balaban J connectivity index is 1.26. The van der Waals surface area contributed by atoms with Crippen molar-refractivity contribution < 1.29 is 17.9 Å². The summed E-state index contributed by atoms with van der Waals surface area (Å²) in [7, 11) is -3.50. The van der Waals surface area contributed by atoms with Gasteiger partial charge in [-0.1, -0.05) is 18.2 Å². The smallest absolute Gasteiger partial charge is 0.319 e. The number of hydrogen-bond acceptors (Lipinski definition) is 6. The van der Waals surface area contributed by atoms with Crippen LogP contribution in [0.3, 0.4) is 0 Å². The molecule has 2 aliphatic heterocycles. The Hall–Kier alpha value is -2.85. The minimum Gasteiger partial charge on any atom is -0.378 e. The maximum Gasteiger partial charge on any atom is 0.319 e. The number of nitrogens with zero attached hydrogens (tertiary/aromatic N) is 3. The van der Waals surface area contributed by atoms with Crippen molar-refractivity contribution >= 4 is 33.2 Å². The number of hydrogen-bond donors (Lipinski definition) is 2. The summed E-state index contributed by atoms with van der Waals surface area (Å²) in [5.41, 5.74) is 2.30. The van der Waals surface area contributed by atoms with E-state index in [2.05, 4.69) is 20.5 Å². The van der Waals surface area contributed by atoms with E-state index in [4.69, 9.17) is 4.74 Å². The van der Waals surface area contributed by atoms with Crippen molar-refractivity contribution in [3.63, 3.8) is 0 Å². The van der Waals surface area contributed by atoms with E-state index in [1.807, 2.05) is 30.3 Å². The molecule has 4 rings (SSSR count). The molecule has 0 spiro atoms. The van der Waals surface area contributed by atoms with E-state index in [-0.39, 0.29) is 12.3 Å². The van der Waals surface area contributed by atoms with Crippen LogP contribution in [0.2, 0.25) is 0 Å². The number of nitrogens with one attached hydrogen (secondary N) is 2. The molecule has 9 nitrogen and oxygen atoms in total. The van der Waals surface area contributed by atoms with Crippen molar-refractivity contribution in [1.82, 2.24) is 10.3 Å². The zero-order valence-corrected chi connectivity index (χ0v) is 17.4. The van der Waals surface area contributed by atoms with E-state index in [9.17, 15) is 13.2 Å². The Morgan fingerprint density at radius 1 is 1.10 bits per heavy atom. The number of sulfonamides is 1. The van der Waals surface area contributed by atoms with E-state index < -0.39 is 16.1 Å². The number of urea groups is 1. The van der Waals surface area contributed by atoms with Crippen molar-refractivity contribution in [3.05, 3.63) is 48.2 Å². The molecule has 0 saturated carbocycles. The van der Waals surface area contributed by atoms with Crippen LogP contribution in [0.15, 0.2) is 42.6 Å². The van der Waals surface area contributed by atoms with E-state index in [0.717, 1.165) is 30.2 Å². The summed E-state index contributed by atoms with van der Waals surface area (Å²) < 4.78 is 32.1. The Kier molecular flexibility index (Phi) is 6.05. The first-order valence-corrected chi connectivity index (χ1v) is 11.6. The maximum absolute atomic E-state index is 12.7. The van der Waals surface area contributed by atoms with Crippen LogP contribution in [0.25, 0.3) is 0 Å². The molecule has 10 heteroatoms. The van der Waals surface area contributed by atoms with Crippen LogP contribution in [-0.2, 0) is 21.2 Å². The number of para-hydroxylation sites is 1. The molecule has 2 aliphatic rings. The van der Waals surface area contributed by atoms with Crippen LogP contribution in [0.4, 0.5) is 22.0 Å². The maximum atomic E-state index is 12.7. The normalized spacial score (nSPS) is 16.3. The number of ether oxygens (including phenoxy) is 1. The highest BCUT2D eigenvalue weighted by atomic mass is 32.2. The van der Waals surface area contributed by atoms with Gasteiger partial charge in [-0.05, 0) is 30.2 Å². The summed E-state index contributed by atoms with van der Waals surface area (Å²) in [6.45, 7) is 3.39. The monoisotopic (exact) mass is 431 g/mol. The molecule has 0 atom stereocenters. The predicted octanol–water partition coefficient (Wildman–Crippen LogP) is 1.43. The molecule has 1 saturated heterocycles. The van der Waals surface area contributed by atoms with Gasteiger partial charge in [0.05, 0.1) is 36.5 Å². The van der Waals surface area contributed by atoms with Crippen LogP contribution >= 0.6 is 0 Å². The first-order chi connectivity index (χ1) is 14.5. The summed E-state index contributed by atoms with van der Waals surface area (Å²) in [5.74, 6) is 0.671. The molecule has 160 valence electrons. The molecule has 0 bridgehead atoms. The van der Waals surface area contributed by atoms with E-state index in [1.165, 1.54) is 4.31 Å². The van der Waals surface area contributed by atoms with Crippen molar-refractivity contribution in [2.75, 3.05) is 59.7 Å². The average molecular weight is 432 g/mol. The van der Waals surface area contributed by atoms with Crippen molar-refractivity contribution in [2.45, 2.75) is 6.42 Å². The van der Waals surface area contributed by atoms with Gasteiger partial charge < -0.3 is 20.3 Å². The lowest BCUT2D eigenvalue weighted by atomic mass is 10.2. The number of rotatable bonds is 6. The number of carbonyl (C=O) groups excluding carboxylic acids is 1. The van der Waals surface area contributed by atoms with Crippen LogP contribution in [0.1, 0.15) is 5.56 Å². The Morgan fingerprint density at radius 3 is 2.67 bits per heavy atom. The topological polar surface area (TPSA) is 104 Å². The highest BCUT2D eigenvalue weighted by Gasteiger charge is 2.28. The molecule has 2 amide bonds. The standard InChI is InChI=1S/C20H25N5O4S/c26-20(23-17-5-6-19(22-15-17)24-10-12-29-13-11-24)21-8-14-30(27,28)25-9-7-16-3-1-2-4-18(16)25/h1-6,15H,7-14H2,(H2,21,23,26). The molecule has 0 aliphatic carbocycles. The molecule has 1 aromatic heterocycles. The highest BCUT2D eigenvalue weighted by molar-refractivity contribution is 7.92. The third kappa shape index (κ3) is 4.65. The molecule has 1 aromatic carbocycles. The Morgan fingerprint density at radius 2 is 1.90 bits per heavy atom. The Labute approximate surface area is 176 Å². The van der Waals surface area contributed by atoms with Gasteiger partial charge in [-0.15, -0.1) is 0 Å². The zero-order valence-electron chi connectivity index (χ0n) is 16.6. The highest BCUT2D eigenvalue weighted by Crippen LogP contribution is 2.29. The molecule has 0 unspecified atom stereocenters. The molecular weight excluding hydrogens is 406 g/mol. The van der Waals surface area contributed by atoms with Gasteiger partial charge >= 0.3 is 6.03 Å². The fraction of sp³-hybridized carbons (Fsp3) is 0.400. The van der Waals surface area contributed by atoms with E-state index in [1.54, 1.807) is 12.3 Å². The summed E-state index contributed by atoms with van der Waals surface area (Å²) in [5, 5.41) is 5.28. The van der Waals surface area contributed by atoms with Crippen LogP contribution in [0.5, 0.6) is 0 Å². The first-order valence-electron chi connectivity index (χ1n) is 9.95. The third-order valence-electron chi connectivity index (χ3n) is 5.17. The van der Waals surface area contributed by atoms with Crippen molar-refractivity contribution in [1.29, 1.82) is 0 Å². The minimum absolute atomic E-state index is 0.0200. The molecule has 1 fully saturated rings. The second-order valence-electron chi connectivity index (χ2n) is 7.15. The number of pyridine rings is 1. The molecule has 2 N–H and O–H groups in total. The quantitative estimate of drug-likeness (QED) is 0.717. The van der Waals surface area contributed by atoms with Gasteiger partial charge in [-0.2, -0.15) is 0 Å². The van der Waals surface area contributed by atoms with Gasteiger partial charge in [-0.3, -0.25) is 4.31 Å². The number of amides is 2. The predicted molar refractivity (Wildman–Crippen MR) is 116 cm³/mol. The summed E-state index contributed by atoms with van der Waals surface area (Å²) in [6.07, 6.45) is 2.29. The number of carbonyl (C=O) groups is 1. The summed E-state index contributed by atoms with van der Waals surface area (Å²) >= 11 is 0. The first kappa shape index (κ1) is 20.4. The number of fused-ring (bicyclic) bond motifs is 1. The van der Waals surface area contributed by atoms with E-state index >= 15 is 0 Å².